The largest absolute Gasteiger partial charge is 0.382 e. The molecule has 56 valence electrons. The molecule has 11 heavy (non-hydrogen) atoms. The van der Waals surface area contributed by atoms with Gasteiger partial charge in [-0.15, -0.1) is 5.10 Å². The van der Waals surface area contributed by atoms with E-state index in [1.807, 2.05) is 0 Å². The van der Waals surface area contributed by atoms with Crippen LogP contribution < -0.4 is 11.5 Å². The topological polar surface area (TPSA) is 82.2 Å². The van der Waals surface area contributed by atoms with Crippen molar-refractivity contribution in [2.75, 3.05) is 11.5 Å². The summed E-state index contributed by atoms with van der Waals surface area (Å²) in [7, 11) is 0. The van der Waals surface area contributed by atoms with E-state index in [0.717, 1.165) is 0 Å². The third kappa shape index (κ3) is 0.861. The van der Waals surface area contributed by atoms with Gasteiger partial charge in [0.2, 0.25) is 0 Å². The Hall–Kier alpha value is -1.78. The van der Waals surface area contributed by atoms with Crippen molar-refractivity contribution in [2.45, 2.75) is 0 Å². The van der Waals surface area contributed by atoms with Gasteiger partial charge in [-0.2, -0.15) is 0 Å². The van der Waals surface area contributed by atoms with Crippen LogP contribution in [-0.4, -0.2) is 14.6 Å². The molecule has 0 saturated carbocycles. The molecular weight excluding hydrogens is 142 g/mol. The number of fused-ring (bicyclic) bond motifs is 1. The second-order valence-electron chi connectivity index (χ2n) is 2.23. The van der Waals surface area contributed by atoms with Crippen molar-refractivity contribution < 1.29 is 0 Å². The summed E-state index contributed by atoms with van der Waals surface area (Å²) in [5, 5.41) is 3.95. The summed E-state index contributed by atoms with van der Waals surface area (Å²) < 4.78 is 1.55. The smallest absolute Gasteiger partial charge is 0.156 e. The minimum Gasteiger partial charge on any atom is -0.382 e. The van der Waals surface area contributed by atoms with Gasteiger partial charge >= 0.3 is 0 Å². The maximum absolute atomic E-state index is 5.43. The Labute approximate surface area is 62.6 Å². The van der Waals surface area contributed by atoms with Crippen LogP contribution in [-0.2, 0) is 0 Å². The SMILES string of the molecule is Nc1cn2nc(N)ccc2n1. The van der Waals surface area contributed by atoms with Crippen molar-refractivity contribution >= 4 is 17.3 Å². The Morgan fingerprint density at radius 3 is 2.82 bits per heavy atom. The molecule has 0 saturated heterocycles. The molecule has 5 heteroatoms. The van der Waals surface area contributed by atoms with Crippen LogP contribution in [0.15, 0.2) is 18.3 Å². The molecule has 0 radical (unpaired) electrons. The van der Waals surface area contributed by atoms with Crippen LogP contribution in [0.2, 0.25) is 0 Å². The normalized spacial score (nSPS) is 10.5. The van der Waals surface area contributed by atoms with Crippen LogP contribution in [0.5, 0.6) is 0 Å². The highest BCUT2D eigenvalue weighted by Gasteiger charge is 1.97. The molecule has 0 aromatic carbocycles. The molecule has 2 aromatic rings. The van der Waals surface area contributed by atoms with Gasteiger partial charge in [-0.1, -0.05) is 0 Å². The van der Waals surface area contributed by atoms with E-state index in [0.29, 0.717) is 17.3 Å². The van der Waals surface area contributed by atoms with Gasteiger partial charge < -0.3 is 11.5 Å². The molecule has 2 heterocycles. The number of imidazole rings is 1. The molecule has 0 spiro atoms. The first-order valence-corrected chi connectivity index (χ1v) is 3.13. The molecule has 4 N–H and O–H groups in total. The fourth-order valence-corrected chi connectivity index (χ4v) is 0.915. The fourth-order valence-electron chi connectivity index (χ4n) is 0.915. The zero-order valence-electron chi connectivity index (χ0n) is 5.73. The predicted octanol–water partition coefficient (Wildman–Crippen LogP) is -0.106. The monoisotopic (exact) mass is 149 g/mol. The van der Waals surface area contributed by atoms with Gasteiger partial charge in [-0.25, -0.2) is 9.50 Å². The summed E-state index contributed by atoms with van der Waals surface area (Å²) in [6.07, 6.45) is 1.62. The second-order valence-corrected chi connectivity index (χ2v) is 2.23. The number of aromatic nitrogens is 3. The molecule has 2 rings (SSSR count). The van der Waals surface area contributed by atoms with Crippen LogP contribution in [0, 0.1) is 0 Å². The molecule has 0 bridgehead atoms. The van der Waals surface area contributed by atoms with Gasteiger partial charge in [0.1, 0.15) is 11.6 Å². The highest BCUT2D eigenvalue weighted by Crippen LogP contribution is 2.05. The van der Waals surface area contributed by atoms with Gasteiger partial charge in [0.25, 0.3) is 0 Å². The van der Waals surface area contributed by atoms with E-state index in [9.17, 15) is 0 Å². The average molecular weight is 149 g/mol. The number of nitrogens with two attached hydrogens (primary N) is 2. The highest BCUT2D eigenvalue weighted by atomic mass is 15.3. The Bertz CT molecular complexity index is 391. The first-order valence-electron chi connectivity index (χ1n) is 3.13. The number of anilines is 2. The van der Waals surface area contributed by atoms with Gasteiger partial charge in [0.15, 0.2) is 5.65 Å². The first kappa shape index (κ1) is 5.96. The Morgan fingerprint density at radius 1 is 1.18 bits per heavy atom. The number of hydrogen-bond donors (Lipinski definition) is 2. The maximum atomic E-state index is 5.43. The molecule has 0 aliphatic heterocycles. The summed E-state index contributed by atoms with van der Waals surface area (Å²) in [5.74, 6) is 0.901. The fraction of sp³-hybridized carbons (Fsp3) is 0. The third-order valence-electron chi connectivity index (χ3n) is 1.36. The Morgan fingerprint density at radius 2 is 2.00 bits per heavy atom. The first-order chi connectivity index (χ1) is 5.25. The van der Waals surface area contributed by atoms with Crippen LogP contribution in [0.3, 0.4) is 0 Å². The zero-order chi connectivity index (χ0) is 7.84. The van der Waals surface area contributed by atoms with Crippen molar-refractivity contribution in [3.05, 3.63) is 18.3 Å². The summed E-state index contributed by atoms with van der Waals surface area (Å²) in [6, 6.07) is 3.44. The number of rotatable bonds is 0. The van der Waals surface area contributed by atoms with Crippen molar-refractivity contribution in [1.82, 2.24) is 14.6 Å². The van der Waals surface area contributed by atoms with Crippen molar-refractivity contribution in [1.29, 1.82) is 0 Å². The lowest BCUT2D eigenvalue weighted by Crippen LogP contribution is -1.95. The molecule has 0 fully saturated rings. The molecular formula is C6H7N5. The minimum atomic E-state index is 0.447. The lowest BCUT2D eigenvalue weighted by Gasteiger charge is -1.91. The van der Waals surface area contributed by atoms with Crippen LogP contribution in [0.4, 0.5) is 11.6 Å². The number of hydrogen-bond acceptors (Lipinski definition) is 4. The Balaban J connectivity index is 2.82. The van der Waals surface area contributed by atoms with E-state index in [2.05, 4.69) is 10.1 Å². The molecule has 0 atom stereocenters. The van der Waals surface area contributed by atoms with E-state index in [4.69, 9.17) is 11.5 Å². The Kier molecular flexibility index (Phi) is 1.00. The van der Waals surface area contributed by atoms with Crippen LogP contribution in [0.25, 0.3) is 5.65 Å². The molecule has 5 nitrogen and oxygen atoms in total. The van der Waals surface area contributed by atoms with Gasteiger partial charge in [0.05, 0.1) is 6.20 Å². The van der Waals surface area contributed by atoms with Gasteiger partial charge in [-0.05, 0) is 12.1 Å². The number of nitrogen functional groups attached to an aromatic ring is 2. The van der Waals surface area contributed by atoms with Gasteiger partial charge in [0, 0.05) is 0 Å². The molecule has 0 aliphatic rings. The summed E-state index contributed by atoms with van der Waals surface area (Å²) >= 11 is 0. The maximum Gasteiger partial charge on any atom is 0.156 e. The summed E-state index contributed by atoms with van der Waals surface area (Å²) in [4.78, 5) is 3.98. The molecule has 0 unspecified atom stereocenters. The third-order valence-corrected chi connectivity index (χ3v) is 1.36. The molecule has 2 aromatic heterocycles. The van der Waals surface area contributed by atoms with Crippen molar-refractivity contribution in [3.8, 4) is 0 Å². The van der Waals surface area contributed by atoms with E-state index in [-0.39, 0.29) is 0 Å². The second kappa shape index (κ2) is 1.85. The summed E-state index contributed by atoms with van der Waals surface area (Å²) in [5.41, 5.74) is 11.6. The van der Waals surface area contributed by atoms with E-state index < -0.39 is 0 Å². The lowest BCUT2D eigenvalue weighted by atomic mass is 10.5. The number of nitrogens with zero attached hydrogens (tertiary/aromatic N) is 3. The van der Waals surface area contributed by atoms with Crippen molar-refractivity contribution in [2.24, 2.45) is 0 Å². The quantitative estimate of drug-likeness (QED) is 0.547. The van der Waals surface area contributed by atoms with Crippen molar-refractivity contribution in [3.63, 3.8) is 0 Å². The van der Waals surface area contributed by atoms with Crippen LogP contribution >= 0.6 is 0 Å². The molecule has 0 amide bonds. The van der Waals surface area contributed by atoms with Gasteiger partial charge in [-0.3, -0.25) is 0 Å². The van der Waals surface area contributed by atoms with E-state index in [1.54, 1.807) is 22.8 Å². The zero-order valence-corrected chi connectivity index (χ0v) is 5.73. The predicted molar refractivity (Wildman–Crippen MR) is 41.8 cm³/mol. The average Bonchev–Trinajstić information content (AvgIpc) is 2.27. The minimum absolute atomic E-state index is 0.447. The van der Waals surface area contributed by atoms with E-state index in [1.165, 1.54) is 0 Å². The standard InChI is InChI=1S/C6H7N5/c7-4-1-2-6-9-5(8)3-11(6)10-4/h1-3H,8H2,(H2,7,10). The highest BCUT2D eigenvalue weighted by molar-refractivity contribution is 5.47. The molecule has 0 aliphatic carbocycles. The van der Waals surface area contributed by atoms with Crippen LogP contribution in [0.1, 0.15) is 0 Å². The summed E-state index contributed by atoms with van der Waals surface area (Å²) in [6.45, 7) is 0. The van der Waals surface area contributed by atoms with E-state index >= 15 is 0 Å². The lowest BCUT2D eigenvalue weighted by molar-refractivity contribution is 0.946.